The number of ether oxygens (including phenoxy) is 1. The van der Waals surface area contributed by atoms with Crippen LogP contribution < -0.4 is 5.56 Å². The van der Waals surface area contributed by atoms with Crippen molar-refractivity contribution in [3.05, 3.63) is 58.5 Å². The van der Waals surface area contributed by atoms with Gasteiger partial charge in [0.1, 0.15) is 0 Å². The van der Waals surface area contributed by atoms with E-state index in [1.807, 2.05) is 13.0 Å². The predicted molar refractivity (Wildman–Crippen MR) is 109 cm³/mol. The number of piperidine rings is 1. The molecule has 1 fully saturated rings. The van der Waals surface area contributed by atoms with E-state index >= 15 is 0 Å². The third-order valence-electron chi connectivity index (χ3n) is 5.33. The average Bonchev–Trinajstić information content (AvgIpc) is 2.73. The number of aromatic nitrogens is 1. The molecule has 1 N–H and O–H groups in total. The van der Waals surface area contributed by atoms with Gasteiger partial charge in [0, 0.05) is 24.8 Å². The number of carboxylic acid groups (broad SMARTS) is 1. The first-order valence-electron chi connectivity index (χ1n) is 9.91. The fraction of sp³-hybridized carbons (Fsp3) is 0.409. The molecule has 0 aliphatic carbocycles. The minimum Gasteiger partial charge on any atom is -0.478 e. The molecule has 0 atom stereocenters. The van der Waals surface area contributed by atoms with Crippen LogP contribution in [0, 0.1) is 5.92 Å². The Kier molecular flexibility index (Phi) is 6.82. The lowest BCUT2D eigenvalue weighted by atomic mass is 9.97. The van der Waals surface area contributed by atoms with Gasteiger partial charge in [0.25, 0.3) is 5.56 Å². The number of likely N-dealkylation sites (tertiary alicyclic amines) is 1. The summed E-state index contributed by atoms with van der Waals surface area (Å²) in [5.74, 6) is -1.12. The van der Waals surface area contributed by atoms with Crippen LogP contribution in [-0.4, -0.2) is 52.8 Å². The number of pyridine rings is 1. The monoisotopic (exact) mass is 398 g/mol. The zero-order valence-electron chi connectivity index (χ0n) is 16.5. The quantitative estimate of drug-likeness (QED) is 0.721. The highest BCUT2D eigenvalue weighted by Crippen LogP contribution is 2.19. The van der Waals surface area contributed by atoms with Gasteiger partial charge in [0.05, 0.1) is 18.1 Å². The van der Waals surface area contributed by atoms with Gasteiger partial charge in [-0.3, -0.25) is 9.59 Å². The standard InChI is InChI=1S/C22H26N2O5/c1-2-29-22(28)18-9-12-23(13-10-18)14-15-24-11-3-4-19(20(24)25)16-5-7-17(8-6-16)21(26)27/h3-8,11,18H,2,9-10,12-15H2,1H3,(H,26,27). The van der Waals surface area contributed by atoms with Crippen LogP contribution >= 0.6 is 0 Å². The Hall–Kier alpha value is -2.93. The normalized spacial score (nSPS) is 15.2. The molecule has 0 unspecified atom stereocenters. The zero-order chi connectivity index (χ0) is 20.8. The maximum Gasteiger partial charge on any atom is 0.335 e. The van der Waals surface area contributed by atoms with Crippen LogP contribution in [0.25, 0.3) is 11.1 Å². The first-order valence-corrected chi connectivity index (χ1v) is 9.91. The van der Waals surface area contributed by atoms with E-state index in [9.17, 15) is 14.4 Å². The fourth-order valence-corrected chi connectivity index (χ4v) is 3.63. The van der Waals surface area contributed by atoms with Crippen molar-refractivity contribution in [2.45, 2.75) is 26.3 Å². The number of aromatic carboxylic acids is 1. The van der Waals surface area contributed by atoms with Gasteiger partial charge in [-0.25, -0.2) is 4.79 Å². The largest absolute Gasteiger partial charge is 0.478 e. The molecule has 1 saturated heterocycles. The molecule has 1 aromatic heterocycles. The molecule has 29 heavy (non-hydrogen) atoms. The van der Waals surface area contributed by atoms with Crippen LogP contribution in [0.1, 0.15) is 30.1 Å². The second-order valence-electron chi connectivity index (χ2n) is 7.17. The third kappa shape index (κ3) is 5.12. The topological polar surface area (TPSA) is 88.8 Å². The highest BCUT2D eigenvalue weighted by Gasteiger charge is 2.25. The minimum atomic E-state index is -0.992. The molecule has 0 bridgehead atoms. The fourth-order valence-electron chi connectivity index (χ4n) is 3.63. The highest BCUT2D eigenvalue weighted by atomic mass is 16.5. The molecule has 7 heteroatoms. The number of nitrogens with zero attached hydrogens (tertiary/aromatic N) is 2. The molecular formula is C22H26N2O5. The number of carbonyl (C=O) groups excluding carboxylic acids is 1. The van der Waals surface area contributed by atoms with Gasteiger partial charge in [0.15, 0.2) is 0 Å². The number of carbonyl (C=O) groups is 2. The third-order valence-corrected chi connectivity index (χ3v) is 5.33. The SMILES string of the molecule is CCOC(=O)C1CCN(CCn2cccc(-c3ccc(C(=O)O)cc3)c2=O)CC1. The van der Waals surface area contributed by atoms with E-state index in [4.69, 9.17) is 9.84 Å². The summed E-state index contributed by atoms with van der Waals surface area (Å²) in [7, 11) is 0. The molecule has 0 saturated carbocycles. The van der Waals surface area contributed by atoms with E-state index in [0.29, 0.717) is 24.3 Å². The second-order valence-corrected chi connectivity index (χ2v) is 7.17. The van der Waals surface area contributed by atoms with E-state index in [-0.39, 0.29) is 23.0 Å². The van der Waals surface area contributed by atoms with Crippen molar-refractivity contribution in [3.8, 4) is 11.1 Å². The molecule has 0 spiro atoms. The molecule has 2 aromatic rings. The number of esters is 1. The number of benzene rings is 1. The molecular weight excluding hydrogens is 372 g/mol. The number of hydrogen-bond acceptors (Lipinski definition) is 5. The Bertz CT molecular complexity index is 912. The lowest BCUT2D eigenvalue weighted by Gasteiger charge is -2.30. The number of carboxylic acids is 1. The summed E-state index contributed by atoms with van der Waals surface area (Å²) in [5.41, 5.74) is 1.34. The first kappa shape index (κ1) is 20.8. The summed E-state index contributed by atoms with van der Waals surface area (Å²) in [5, 5.41) is 9.02. The predicted octanol–water partition coefficient (Wildman–Crippen LogP) is 2.49. The van der Waals surface area contributed by atoms with E-state index < -0.39 is 5.97 Å². The molecule has 3 rings (SSSR count). The van der Waals surface area contributed by atoms with Crippen molar-refractivity contribution < 1.29 is 19.4 Å². The van der Waals surface area contributed by atoms with Crippen molar-refractivity contribution in [1.29, 1.82) is 0 Å². The summed E-state index contributed by atoms with van der Waals surface area (Å²) in [6.07, 6.45) is 3.33. The Morgan fingerprint density at radius 3 is 2.41 bits per heavy atom. The van der Waals surface area contributed by atoms with Crippen LogP contribution in [0.15, 0.2) is 47.4 Å². The van der Waals surface area contributed by atoms with Crippen molar-refractivity contribution in [3.63, 3.8) is 0 Å². The lowest BCUT2D eigenvalue weighted by Crippen LogP contribution is -2.39. The van der Waals surface area contributed by atoms with Gasteiger partial charge in [0.2, 0.25) is 0 Å². The van der Waals surface area contributed by atoms with Crippen LogP contribution in [0.4, 0.5) is 0 Å². The molecule has 0 radical (unpaired) electrons. The smallest absolute Gasteiger partial charge is 0.335 e. The van der Waals surface area contributed by atoms with Crippen molar-refractivity contribution in [1.82, 2.24) is 9.47 Å². The molecule has 7 nitrogen and oxygen atoms in total. The summed E-state index contributed by atoms with van der Waals surface area (Å²) in [6.45, 7) is 5.15. The molecule has 2 heterocycles. The van der Waals surface area contributed by atoms with E-state index in [0.717, 1.165) is 32.5 Å². The first-order chi connectivity index (χ1) is 14.0. The van der Waals surface area contributed by atoms with Crippen LogP contribution in [0.3, 0.4) is 0 Å². The molecule has 0 amide bonds. The summed E-state index contributed by atoms with van der Waals surface area (Å²) < 4.78 is 6.78. The number of hydrogen-bond donors (Lipinski definition) is 1. The van der Waals surface area contributed by atoms with Crippen LogP contribution in [0.2, 0.25) is 0 Å². The highest BCUT2D eigenvalue weighted by molar-refractivity contribution is 5.88. The lowest BCUT2D eigenvalue weighted by molar-refractivity contribution is -0.149. The summed E-state index contributed by atoms with van der Waals surface area (Å²) >= 11 is 0. The number of rotatable bonds is 7. The van der Waals surface area contributed by atoms with Gasteiger partial charge in [-0.05, 0) is 62.7 Å². The Morgan fingerprint density at radius 2 is 1.79 bits per heavy atom. The Balaban J connectivity index is 1.61. The maximum absolute atomic E-state index is 12.8. The van der Waals surface area contributed by atoms with E-state index in [1.165, 1.54) is 12.1 Å². The van der Waals surface area contributed by atoms with Gasteiger partial charge >= 0.3 is 11.9 Å². The van der Waals surface area contributed by atoms with Gasteiger partial charge in [-0.15, -0.1) is 0 Å². The maximum atomic E-state index is 12.8. The molecule has 1 aliphatic heterocycles. The van der Waals surface area contributed by atoms with Crippen molar-refractivity contribution in [2.75, 3.05) is 26.2 Å². The Morgan fingerprint density at radius 1 is 1.10 bits per heavy atom. The Labute approximate surface area is 169 Å². The van der Waals surface area contributed by atoms with E-state index in [1.54, 1.807) is 29.0 Å². The van der Waals surface area contributed by atoms with Crippen molar-refractivity contribution in [2.24, 2.45) is 5.92 Å². The zero-order valence-corrected chi connectivity index (χ0v) is 16.5. The van der Waals surface area contributed by atoms with Crippen LogP contribution in [-0.2, 0) is 16.1 Å². The molecule has 1 aromatic carbocycles. The minimum absolute atomic E-state index is 0.0222. The van der Waals surface area contributed by atoms with Crippen molar-refractivity contribution >= 4 is 11.9 Å². The summed E-state index contributed by atoms with van der Waals surface area (Å²) in [6, 6.07) is 9.90. The van der Waals surface area contributed by atoms with Gasteiger partial charge < -0.3 is 19.3 Å². The summed E-state index contributed by atoms with van der Waals surface area (Å²) in [4.78, 5) is 37.9. The molecule has 154 valence electrons. The van der Waals surface area contributed by atoms with Gasteiger partial charge in [-0.2, -0.15) is 0 Å². The average molecular weight is 398 g/mol. The molecule has 1 aliphatic rings. The van der Waals surface area contributed by atoms with Gasteiger partial charge in [-0.1, -0.05) is 12.1 Å². The second kappa shape index (κ2) is 9.52. The van der Waals surface area contributed by atoms with E-state index in [2.05, 4.69) is 4.90 Å². The van der Waals surface area contributed by atoms with Crippen LogP contribution in [0.5, 0.6) is 0 Å².